The molecule has 3 nitrogen and oxygen atoms in total. The fourth-order valence-corrected chi connectivity index (χ4v) is 5.28. The Morgan fingerprint density at radius 2 is 2.28 bits per heavy atom. The number of rotatable bonds is 2. The first-order valence-electron chi connectivity index (χ1n) is 7.50. The maximum atomic E-state index is 6.14. The van der Waals surface area contributed by atoms with Gasteiger partial charge >= 0.3 is 0 Å². The van der Waals surface area contributed by atoms with Crippen LogP contribution in [0.25, 0.3) is 0 Å². The van der Waals surface area contributed by atoms with E-state index in [1.807, 2.05) is 0 Å². The minimum atomic E-state index is 0.212. The van der Waals surface area contributed by atoms with Gasteiger partial charge in [0.25, 0.3) is 0 Å². The Morgan fingerprint density at radius 3 is 3.06 bits per heavy atom. The number of nitrogens with zero attached hydrogens (tertiary/aromatic N) is 1. The largest absolute Gasteiger partial charge is 0.374 e. The van der Waals surface area contributed by atoms with E-state index in [1.54, 1.807) is 0 Å². The van der Waals surface area contributed by atoms with Crippen molar-refractivity contribution in [3.05, 3.63) is 0 Å². The highest BCUT2D eigenvalue weighted by Gasteiger charge is 2.43. The molecular weight excluding hydrogens is 244 g/mol. The summed E-state index contributed by atoms with van der Waals surface area (Å²) in [7, 11) is 0. The molecular formula is C14H26N2OS. The third-order valence-corrected chi connectivity index (χ3v) is 6.17. The van der Waals surface area contributed by atoms with Crippen molar-refractivity contribution in [3.8, 4) is 0 Å². The number of hydrogen-bond acceptors (Lipinski definition) is 4. The van der Waals surface area contributed by atoms with Crippen molar-refractivity contribution >= 4 is 11.8 Å². The minimum absolute atomic E-state index is 0.212. The average molecular weight is 270 g/mol. The molecule has 2 N–H and O–H groups in total. The third kappa shape index (κ3) is 2.58. The Morgan fingerprint density at radius 1 is 1.33 bits per heavy atom. The highest BCUT2D eigenvalue weighted by Crippen LogP contribution is 2.40. The zero-order chi connectivity index (χ0) is 12.4. The van der Waals surface area contributed by atoms with Crippen molar-refractivity contribution in [1.29, 1.82) is 0 Å². The molecule has 3 unspecified atom stereocenters. The summed E-state index contributed by atoms with van der Waals surface area (Å²) in [6.07, 6.45) is 7.74. The maximum absolute atomic E-state index is 6.14. The van der Waals surface area contributed by atoms with Crippen LogP contribution in [0.4, 0.5) is 0 Å². The first kappa shape index (κ1) is 13.2. The lowest BCUT2D eigenvalue weighted by atomic mass is 9.87. The van der Waals surface area contributed by atoms with Gasteiger partial charge in [0, 0.05) is 31.0 Å². The molecule has 0 aliphatic carbocycles. The van der Waals surface area contributed by atoms with E-state index in [9.17, 15) is 0 Å². The summed E-state index contributed by atoms with van der Waals surface area (Å²) >= 11 is 2.07. The van der Waals surface area contributed by atoms with Gasteiger partial charge in [-0.2, -0.15) is 11.8 Å². The fourth-order valence-electron chi connectivity index (χ4n) is 3.90. The quantitative estimate of drug-likeness (QED) is 0.831. The maximum Gasteiger partial charge on any atom is 0.0795 e. The molecule has 18 heavy (non-hydrogen) atoms. The molecule has 3 fully saturated rings. The van der Waals surface area contributed by atoms with Crippen LogP contribution in [0.2, 0.25) is 0 Å². The standard InChI is InChI=1S/C14H26N2OS/c15-10-13-3-1-2-6-16(13)12-4-7-17-14(9-12)5-8-18-11-14/h12-13H,1-11,15H2. The van der Waals surface area contributed by atoms with Crippen LogP contribution in [0.5, 0.6) is 0 Å². The van der Waals surface area contributed by atoms with Gasteiger partial charge in [0.15, 0.2) is 0 Å². The normalized spacial score (nSPS) is 42.5. The molecule has 3 heterocycles. The SMILES string of the molecule is NCC1CCCCN1C1CCOC2(CCSC2)C1. The van der Waals surface area contributed by atoms with Crippen LogP contribution in [-0.2, 0) is 4.74 Å². The van der Waals surface area contributed by atoms with E-state index >= 15 is 0 Å². The van der Waals surface area contributed by atoms with E-state index in [0.29, 0.717) is 6.04 Å². The topological polar surface area (TPSA) is 38.5 Å². The monoisotopic (exact) mass is 270 g/mol. The molecule has 104 valence electrons. The zero-order valence-corrected chi connectivity index (χ0v) is 12.1. The molecule has 0 bridgehead atoms. The first-order chi connectivity index (χ1) is 8.83. The van der Waals surface area contributed by atoms with E-state index in [0.717, 1.165) is 19.2 Å². The summed E-state index contributed by atoms with van der Waals surface area (Å²) < 4.78 is 6.14. The molecule has 3 aliphatic rings. The van der Waals surface area contributed by atoms with Crippen LogP contribution < -0.4 is 5.73 Å². The van der Waals surface area contributed by atoms with Crippen LogP contribution in [-0.4, -0.2) is 53.8 Å². The van der Waals surface area contributed by atoms with Crippen molar-refractivity contribution in [2.75, 3.05) is 31.2 Å². The van der Waals surface area contributed by atoms with Crippen molar-refractivity contribution in [3.63, 3.8) is 0 Å². The van der Waals surface area contributed by atoms with E-state index in [2.05, 4.69) is 16.7 Å². The summed E-state index contributed by atoms with van der Waals surface area (Å²) in [6, 6.07) is 1.36. The van der Waals surface area contributed by atoms with Crippen LogP contribution in [0.1, 0.15) is 38.5 Å². The predicted molar refractivity (Wildman–Crippen MR) is 77.0 cm³/mol. The van der Waals surface area contributed by atoms with E-state index < -0.39 is 0 Å². The van der Waals surface area contributed by atoms with Crippen molar-refractivity contribution in [2.24, 2.45) is 5.73 Å². The van der Waals surface area contributed by atoms with E-state index in [1.165, 1.54) is 56.6 Å². The number of nitrogens with two attached hydrogens (primary N) is 1. The molecule has 4 heteroatoms. The Balaban J connectivity index is 1.67. The smallest absolute Gasteiger partial charge is 0.0795 e. The summed E-state index contributed by atoms with van der Waals surface area (Å²) in [5.74, 6) is 2.50. The zero-order valence-electron chi connectivity index (χ0n) is 11.3. The lowest BCUT2D eigenvalue weighted by molar-refractivity contribution is -0.0979. The summed E-state index contributed by atoms with van der Waals surface area (Å²) in [6.45, 7) is 3.05. The first-order valence-corrected chi connectivity index (χ1v) is 8.66. The van der Waals surface area contributed by atoms with Crippen molar-refractivity contribution < 1.29 is 4.74 Å². The second-order valence-corrected chi connectivity index (χ2v) is 7.21. The highest BCUT2D eigenvalue weighted by atomic mass is 32.2. The number of thioether (sulfide) groups is 1. The lowest BCUT2D eigenvalue weighted by Crippen LogP contribution is -2.55. The predicted octanol–water partition coefficient (Wildman–Crippen LogP) is 1.85. The summed E-state index contributed by atoms with van der Waals surface area (Å²) in [4.78, 5) is 2.72. The number of piperidine rings is 1. The Hall–Kier alpha value is 0.230. The lowest BCUT2D eigenvalue weighted by Gasteiger charge is -2.47. The van der Waals surface area contributed by atoms with Gasteiger partial charge in [0.05, 0.1) is 5.60 Å². The highest BCUT2D eigenvalue weighted by molar-refractivity contribution is 7.99. The second-order valence-electron chi connectivity index (χ2n) is 6.10. The van der Waals surface area contributed by atoms with Crippen LogP contribution in [0.15, 0.2) is 0 Å². The van der Waals surface area contributed by atoms with Crippen molar-refractivity contribution in [2.45, 2.75) is 56.2 Å². The van der Waals surface area contributed by atoms with Gasteiger partial charge < -0.3 is 10.5 Å². The number of ether oxygens (including phenoxy) is 1. The van der Waals surface area contributed by atoms with Gasteiger partial charge in [-0.25, -0.2) is 0 Å². The number of likely N-dealkylation sites (tertiary alicyclic amines) is 1. The summed E-state index contributed by atoms with van der Waals surface area (Å²) in [5, 5.41) is 0. The Bertz CT molecular complexity index is 281. The third-order valence-electron chi connectivity index (χ3n) is 4.95. The van der Waals surface area contributed by atoms with E-state index in [4.69, 9.17) is 10.5 Å². The van der Waals surface area contributed by atoms with Crippen LogP contribution >= 0.6 is 11.8 Å². The van der Waals surface area contributed by atoms with Crippen molar-refractivity contribution in [1.82, 2.24) is 4.90 Å². The van der Waals surface area contributed by atoms with Gasteiger partial charge in [-0.05, 0) is 44.4 Å². The molecule has 0 amide bonds. The molecule has 0 aromatic carbocycles. The molecule has 0 aromatic rings. The van der Waals surface area contributed by atoms with Gasteiger partial charge in [0.1, 0.15) is 0 Å². The molecule has 3 rings (SSSR count). The van der Waals surface area contributed by atoms with Gasteiger partial charge in [-0.1, -0.05) is 6.42 Å². The molecule has 3 saturated heterocycles. The molecule has 0 aromatic heterocycles. The minimum Gasteiger partial charge on any atom is -0.374 e. The molecule has 0 saturated carbocycles. The van der Waals surface area contributed by atoms with Gasteiger partial charge in [-0.15, -0.1) is 0 Å². The molecule has 0 radical (unpaired) electrons. The Kier molecular flexibility index (Phi) is 4.18. The van der Waals surface area contributed by atoms with Crippen LogP contribution in [0.3, 0.4) is 0 Å². The molecule has 3 aliphatic heterocycles. The van der Waals surface area contributed by atoms with Gasteiger partial charge in [-0.3, -0.25) is 4.90 Å². The van der Waals surface area contributed by atoms with Gasteiger partial charge in [0.2, 0.25) is 0 Å². The molecule has 3 atom stereocenters. The second kappa shape index (κ2) is 5.70. The van der Waals surface area contributed by atoms with Crippen LogP contribution in [0, 0.1) is 0 Å². The van der Waals surface area contributed by atoms with E-state index in [-0.39, 0.29) is 5.60 Å². The number of hydrogen-bond donors (Lipinski definition) is 1. The average Bonchev–Trinajstić information content (AvgIpc) is 2.86. The fraction of sp³-hybridized carbons (Fsp3) is 1.00. The Labute approximate surface area is 115 Å². The molecule has 1 spiro atoms. The summed E-state index contributed by atoms with van der Waals surface area (Å²) in [5.41, 5.74) is 6.18.